The van der Waals surface area contributed by atoms with Crippen molar-refractivity contribution in [2.75, 3.05) is 11.1 Å². The summed E-state index contributed by atoms with van der Waals surface area (Å²) < 4.78 is 1.93. The van der Waals surface area contributed by atoms with Crippen molar-refractivity contribution in [3.63, 3.8) is 0 Å². The fourth-order valence-electron chi connectivity index (χ4n) is 2.28. The summed E-state index contributed by atoms with van der Waals surface area (Å²) >= 11 is 1.41. The summed E-state index contributed by atoms with van der Waals surface area (Å²) in [7, 11) is 0. The number of amides is 1. The first-order valence-electron chi connectivity index (χ1n) is 7.60. The van der Waals surface area contributed by atoms with Gasteiger partial charge in [-0.1, -0.05) is 43.8 Å². The van der Waals surface area contributed by atoms with E-state index in [4.69, 9.17) is 0 Å². The molecule has 0 spiro atoms. The van der Waals surface area contributed by atoms with Gasteiger partial charge in [-0.05, 0) is 30.9 Å². The molecule has 2 aromatic rings. The second-order valence-electron chi connectivity index (χ2n) is 4.89. The molecule has 1 aromatic heterocycles. The third kappa shape index (κ3) is 3.88. The van der Waals surface area contributed by atoms with Gasteiger partial charge in [0.15, 0.2) is 5.16 Å². The molecule has 1 amide bonds. The van der Waals surface area contributed by atoms with Crippen molar-refractivity contribution in [2.45, 2.75) is 45.3 Å². The molecular weight excluding hydrogens is 296 g/mol. The smallest absolute Gasteiger partial charge is 0.234 e. The Morgan fingerprint density at radius 3 is 2.50 bits per heavy atom. The number of thioether (sulfide) groups is 1. The van der Waals surface area contributed by atoms with E-state index >= 15 is 0 Å². The number of nitrogens with zero attached hydrogens (tertiary/aromatic N) is 3. The summed E-state index contributed by atoms with van der Waals surface area (Å²) in [5.74, 6) is 0.325. The fraction of sp³-hybridized carbons (Fsp3) is 0.438. The van der Waals surface area contributed by atoms with Gasteiger partial charge < -0.3 is 9.88 Å². The zero-order valence-corrected chi connectivity index (χ0v) is 14.1. The van der Waals surface area contributed by atoms with Gasteiger partial charge in [0.1, 0.15) is 6.33 Å². The number of anilines is 1. The third-order valence-electron chi connectivity index (χ3n) is 3.52. The SMILES string of the molecule is CCc1cccc(CC)c1NC(=O)CSc1nncn1CC. The quantitative estimate of drug-likeness (QED) is 0.797. The lowest BCUT2D eigenvalue weighted by atomic mass is 10.0. The Balaban J connectivity index is 2.03. The lowest BCUT2D eigenvalue weighted by molar-refractivity contribution is -0.113. The van der Waals surface area contributed by atoms with Gasteiger partial charge >= 0.3 is 0 Å². The molecule has 118 valence electrons. The zero-order valence-electron chi connectivity index (χ0n) is 13.3. The summed E-state index contributed by atoms with van der Waals surface area (Å²) in [6.45, 7) is 7.03. The minimum atomic E-state index is -0.00810. The van der Waals surface area contributed by atoms with Crippen molar-refractivity contribution < 1.29 is 4.79 Å². The van der Waals surface area contributed by atoms with Crippen LogP contribution in [0.2, 0.25) is 0 Å². The van der Waals surface area contributed by atoms with Crippen LogP contribution in [0, 0.1) is 0 Å². The van der Waals surface area contributed by atoms with Crippen molar-refractivity contribution in [2.24, 2.45) is 0 Å². The van der Waals surface area contributed by atoms with Crippen LogP contribution in [-0.2, 0) is 24.2 Å². The lowest BCUT2D eigenvalue weighted by Crippen LogP contribution is -2.17. The van der Waals surface area contributed by atoms with Gasteiger partial charge in [0.2, 0.25) is 5.91 Å². The Labute approximate surface area is 135 Å². The normalized spacial score (nSPS) is 10.7. The number of aryl methyl sites for hydroxylation is 3. The monoisotopic (exact) mass is 318 g/mol. The number of hydrogen-bond donors (Lipinski definition) is 1. The highest BCUT2D eigenvalue weighted by atomic mass is 32.2. The topological polar surface area (TPSA) is 59.8 Å². The van der Waals surface area contributed by atoms with Gasteiger partial charge in [-0.2, -0.15) is 0 Å². The van der Waals surface area contributed by atoms with Crippen LogP contribution >= 0.6 is 11.8 Å². The maximum Gasteiger partial charge on any atom is 0.234 e. The maximum absolute atomic E-state index is 12.3. The Hall–Kier alpha value is -1.82. The first-order valence-corrected chi connectivity index (χ1v) is 8.59. The van der Waals surface area contributed by atoms with E-state index in [0.717, 1.165) is 30.2 Å². The second kappa shape index (κ2) is 7.98. The molecule has 0 bridgehead atoms. The van der Waals surface area contributed by atoms with Gasteiger partial charge in [0.05, 0.1) is 5.75 Å². The second-order valence-corrected chi connectivity index (χ2v) is 5.84. The van der Waals surface area contributed by atoms with E-state index in [-0.39, 0.29) is 5.91 Å². The van der Waals surface area contributed by atoms with Crippen LogP contribution in [0.5, 0.6) is 0 Å². The van der Waals surface area contributed by atoms with E-state index in [9.17, 15) is 4.79 Å². The maximum atomic E-state index is 12.3. The molecule has 0 atom stereocenters. The van der Waals surface area contributed by atoms with Crippen molar-refractivity contribution in [3.8, 4) is 0 Å². The van der Waals surface area contributed by atoms with Crippen LogP contribution in [0.3, 0.4) is 0 Å². The molecule has 6 heteroatoms. The summed E-state index contributed by atoms with van der Waals surface area (Å²) in [4.78, 5) is 12.3. The molecule has 0 fully saturated rings. The van der Waals surface area contributed by atoms with E-state index in [1.807, 2.05) is 17.6 Å². The van der Waals surface area contributed by atoms with Crippen LogP contribution in [0.15, 0.2) is 29.7 Å². The van der Waals surface area contributed by atoms with Crippen LogP contribution in [0.4, 0.5) is 5.69 Å². The van der Waals surface area contributed by atoms with E-state index in [1.54, 1.807) is 6.33 Å². The number of para-hydroxylation sites is 1. The third-order valence-corrected chi connectivity index (χ3v) is 4.50. The van der Waals surface area contributed by atoms with Gasteiger partial charge in [-0.25, -0.2) is 0 Å². The Morgan fingerprint density at radius 2 is 1.91 bits per heavy atom. The molecule has 0 radical (unpaired) electrons. The minimum absolute atomic E-state index is 0.00810. The van der Waals surface area contributed by atoms with Crippen LogP contribution in [-0.4, -0.2) is 26.4 Å². The predicted octanol–water partition coefficient (Wildman–Crippen LogP) is 3.15. The number of carbonyl (C=O) groups is 1. The summed E-state index contributed by atoms with van der Waals surface area (Å²) in [5.41, 5.74) is 3.32. The Morgan fingerprint density at radius 1 is 1.23 bits per heavy atom. The van der Waals surface area contributed by atoms with Crippen molar-refractivity contribution >= 4 is 23.4 Å². The molecule has 1 aromatic carbocycles. The largest absolute Gasteiger partial charge is 0.325 e. The fourth-order valence-corrected chi connectivity index (χ4v) is 3.06. The van der Waals surface area contributed by atoms with Crippen LogP contribution in [0.1, 0.15) is 31.9 Å². The minimum Gasteiger partial charge on any atom is -0.325 e. The average molecular weight is 318 g/mol. The molecule has 1 N–H and O–H groups in total. The number of hydrogen-bond acceptors (Lipinski definition) is 4. The van der Waals surface area contributed by atoms with Gasteiger partial charge in [0, 0.05) is 12.2 Å². The highest BCUT2D eigenvalue weighted by Gasteiger charge is 2.12. The number of rotatable bonds is 7. The van der Waals surface area contributed by atoms with Crippen molar-refractivity contribution in [1.82, 2.24) is 14.8 Å². The summed E-state index contributed by atoms with van der Waals surface area (Å²) in [5, 5.41) is 11.7. The van der Waals surface area contributed by atoms with Crippen molar-refractivity contribution in [1.29, 1.82) is 0 Å². The highest BCUT2D eigenvalue weighted by molar-refractivity contribution is 7.99. The average Bonchev–Trinajstić information content (AvgIpc) is 3.00. The number of carbonyl (C=O) groups excluding carboxylic acids is 1. The molecular formula is C16H22N4OS. The van der Waals surface area contributed by atoms with Crippen LogP contribution in [0.25, 0.3) is 0 Å². The van der Waals surface area contributed by atoms with Gasteiger partial charge in [0.25, 0.3) is 0 Å². The molecule has 0 unspecified atom stereocenters. The van der Waals surface area contributed by atoms with Gasteiger partial charge in [-0.3, -0.25) is 4.79 Å². The number of aromatic nitrogens is 3. The molecule has 0 saturated heterocycles. The van der Waals surface area contributed by atoms with E-state index < -0.39 is 0 Å². The predicted molar refractivity (Wildman–Crippen MR) is 90.2 cm³/mol. The first-order chi connectivity index (χ1) is 10.7. The lowest BCUT2D eigenvalue weighted by Gasteiger charge is -2.14. The molecule has 0 aliphatic heterocycles. The number of benzene rings is 1. The first kappa shape index (κ1) is 16.5. The molecule has 1 heterocycles. The zero-order chi connectivity index (χ0) is 15.9. The molecule has 2 rings (SSSR count). The van der Waals surface area contributed by atoms with E-state index in [2.05, 4.69) is 41.5 Å². The Kier molecular flexibility index (Phi) is 6.00. The standard InChI is InChI=1S/C16H22N4OS/c1-4-12-8-7-9-13(5-2)15(12)18-14(21)10-22-16-19-17-11-20(16)6-3/h7-9,11H,4-6,10H2,1-3H3,(H,18,21). The molecule has 0 saturated carbocycles. The number of nitrogens with one attached hydrogen (secondary N) is 1. The molecule has 0 aliphatic carbocycles. The van der Waals surface area contributed by atoms with Crippen molar-refractivity contribution in [3.05, 3.63) is 35.7 Å². The van der Waals surface area contributed by atoms with E-state index in [1.165, 1.54) is 22.9 Å². The molecule has 5 nitrogen and oxygen atoms in total. The van der Waals surface area contributed by atoms with E-state index in [0.29, 0.717) is 5.75 Å². The highest BCUT2D eigenvalue weighted by Crippen LogP contribution is 2.23. The van der Waals surface area contributed by atoms with Gasteiger partial charge in [-0.15, -0.1) is 10.2 Å². The van der Waals surface area contributed by atoms with Crippen LogP contribution < -0.4 is 5.32 Å². The molecule has 0 aliphatic rings. The summed E-state index contributed by atoms with van der Waals surface area (Å²) in [6.07, 6.45) is 3.49. The summed E-state index contributed by atoms with van der Waals surface area (Å²) in [6, 6.07) is 6.18. The Bertz CT molecular complexity index is 617. The molecule has 22 heavy (non-hydrogen) atoms.